The number of pyridine rings is 1. The van der Waals surface area contributed by atoms with Gasteiger partial charge in [-0.05, 0) is 34.4 Å². The highest BCUT2D eigenvalue weighted by Gasteiger charge is 2.06. The minimum Gasteiger partial charge on any atom is -0.396 e. The molecule has 0 atom stereocenters. The number of aliphatic hydroxyl groups is 1. The molecule has 1 aromatic rings. The maximum atomic E-state index is 10.3. The molecule has 0 radical (unpaired) electrons. The third-order valence-electron chi connectivity index (χ3n) is 1.62. The lowest BCUT2D eigenvalue weighted by molar-refractivity contribution is -0.389. The number of hydrogen-bond donors (Lipinski definition) is 1. The lowest BCUT2D eigenvalue weighted by Gasteiger charge is -1.97. The van der Waals surface area contributed by atoms with Crippen molar-refractivity contribution in [2.24, 2.45) is 0 Å². The molecule has 0 aliphatic heterocycles. The molecule has 0 spiro atoms. The Bertz CT molecular complexity index is 301. The Kier molecular flexibility index (Phi) is 3.33. The van der Waals surface area contributed by atoms with E-state index in [1.807, 2.05) is 0 Å². The number of aromatic nitrogens is 1. The first kappa shape index (κ1) is 9.60. The van der Waals surface area contributed by atoms with Crippen LogP contribution in [-0.4, -0.2) is 21.6 Å². The van der Waals surface area contributed by atoms with E-state index in [0.717, 1.165) is 5.56 Å². The normalized spacial score (nSPS) is 9.92. The van der Waals surface area contributed by atoms with Crippen LogP contribution in [0.1, 0.15) is 12.0 Å². The number of nitrogens with zero attached hydrogens (tertiary/aromatic N) is 2. The van der Waals surface area contributed by atoms with Gasteiger partial charge in [0.25, 0.3) is 0 Å². The standard InChI is InChI=1S/C8H10N2O3/c11-5-1-2-7-3-4-9-8(6-7)10(12)13/h3-4,6,11H,1-2,5H2. The molecule has 1 rings (SSSR count). The second-order valence-electron chi connectivity index (χ2n) is 2.61. The SMILES string of the molecule is O=[N+]([O-])c1cc(CCCO)ccn1. The van der Waals surface area contributed by atoms with Gasteiger partial charge in [-0.25, -0.2) is 0 Å². The van der Waals surface area contributed by atoms with Gasteiger partial charge in [0.05, 0.1) is 0 Å². The van der Waals surface area contributed by atoms with E-state index in [-0.39, 0.29) is 12.4 Å². The average Bonchev–Trinajstić information content (AvgIpc) is 2.15. The van der Waals surface area contributed by atoms with Crippen LogP contribution in [0.25, 0.3) is 0 Å². The molecule has 13 heavy (non-hydrogen) atoms. The highest BCUT2D eigenvalue weighted by Crippen LogP contribution is 2.10. The van der Waals surface area contributed by atoms with Crippen LogP contribution in [0.15, 0.2) is 18.3 Å². The van der Waals surface area contributed by atoms with E-state index in [0.29, 0.717) is 12.8 Å². The Labute approximate surface area is 75.2 Å². The van der Waals surface area contributed by atoms with Gasteiger partial charge in [-0.15, -0.1) is 0 Å². The largest absolute Gasteiger partial charge is 0.396 e. The highest BCUT2D eigenvalue weighted by atomic mass is 16.6. The third kappa shape index (κ3) is 2.79. The van der Waals surface area contributed by atoms with Crippen molar-refractivity contribution in [2.45, 2.75) is 12.8 Å². The summed E-state index contributed by atoms with van der Waals surface area (Å²) in [6, 6.07) is 3.14. The monoisotopic (exact) mass is 182 g/mol. The Morgan fingerprint density at radius 2 is 2.38 bits per heavy atom. The van der Waals surface area contributed by atoms with Crippen LogP contribution < -0.4 is 0 Å². The van der Waals surface area contributed by atoms with Gasteiger partial charge in [0.1, 0.15) is 6.20 Å². The van der Waals surface area contributed by atoms with E-state index in [4.69, 9.17) is 5.11 Å². The number of rotatable bonds is 4. The molecule has 0 saturated heterocycles. The summed E-state index contributed by atoms with van der Waals surface area (Å²) in [5.41, 5.74) is 0.829. The fraction of sp³-hybridized carbons (Fsp3) is 0.375. The van der Waals surface area contributed by atoms with Crippen LogP contribution in [0.3, 0.4) is 0 Å². The van der Waals surface area contributed by atoms with Crippen molar-refractivity contribution in [3.05, 3.63) is 34.0 Å². The molecule has 0 aromatic carbocycles. The first-order chi connectivity index (χ1) is 6.24. The number of aryl methyl sites for hydroxylation is 1. The Morgan fingerprint density at radius 1 is 1.62 bits per heavy atom. The molecule has 5 nitrogen and oxygen atoms in total. The van der Waals surface area contributed by atoms with E-state index in [2.05, 4.69) is 4.98 Å². The minimum absolute atomic E-state index is 0.0934. The maximum Gasteiger partial charge on any atom is 0.363 e. The fourth-order valence-electron chi connectivity index (χ4n) is 0.999. The van der Waals surface area contributed by atoms with E-state index in [1.165, 1.54) is 12.3 Å². The van der Waals surface area contributed by atoms with Crippen LogP contribution in [0.4, 0.5) is 5.82 Å². The molecule has 0 fully saturated rings. The first-order valence-corrected chi connectivity index (χ1v) is 3.94. The van der Waals surface area contributed by atoms with Crippen molar-refractivity contribution in [1.82, 2.24) is 4.98 Å². The van der Waals surface area contributed by atoms with Gasteiger partial charge in [0.2, 0.25) is 0 Å². The van der Waals surface area contributed by atoms with Crippen LogP contribution in [-0.2, 0) is 6.42 Å². The van der Waals surface area contributed by atoms with Gasteiger partial charge in [0, 0.05) is 12.7 Å². The fourth-order valence-corrected chi connectivity index (χ4v) is 0.999. The van der Waals surface area contributed by atoms with Gasteiger partial charge < -0.3 is 15.2 Å². The van der Waals surface area contributed by atoms with Crippen molar-refractivity contribution in [2.75, 3.05) is 6.61 Å². The summed E-state index contributed by atoms with van der Waals surface area (Å²) < 4.78 is 0. The summed E-state index contributed by atoms with van der Waals surface area (Å²) in [6.45, 7) is 0.0934. The van der Waals surface area contributed by atoms with Crippen LogP contribution >= 0.6 is 0 Å². The number of hydrogen-bond acceptors (Lipinski definition) is 4. The smallest absolute Gasteiger partial charge is 0.363 e. The molecule has 0 saturated carbocycles. The first-order valence-electron chi connectivity index (χ1n) is 3.94. The summed E-state index contributed by atoms with van der Waals surface area (Å²) >= 11 is 0. The van der Waals surface area contributed by atoms with Crippen molar-refractivity contribution in [1.29, 1.82) is 0 Å². The topological polar surface area (TPSA) is 76.3 Å². The van der Waals surface area contributed by atoms with Gasteiger partial charge in [0.15, 0.2) is 0 Å². The lowest BCUT2D eigenvalue weighted by Crippen LogP contribution is -1.95. The molecule has 0 unspecified atom stereocenters. The zero-order valence-electron chi connectivity index (χ0n) is 7.01. The molecule has 1 N–H and O–H groups in total. The summed E-state index contributed by atoms with van der Waals surface area (Å²) in [4.78, 5) is 13.4. The Hall–Kier alpha value is -1.49. The molecular weight excluding hydrogens is 172 g/mol. The molecule has 0 aliphatic rings. The quantitative estimate of drug-likeness (QED) is 0.554. The second kappa shape index (κ2) is 4.51. The van der Waals surface area contributed by atoms with Crippen molar-refractivity contribution in [3.63, 3.8) is 0 Å². The summed E-state index contributed by atoms with van der Waals surface area (Å²) in [5, 5.41) is 18.9. The van der Waals surface area contributed by atoms with Gasteiger partial charge in [-0.1, -0.05) is 0 Å². The molecule has 0 amide bonds. The molecule has 1 aromatic heterocycles. The molecule has 70 valence electrons. The van der Waals surface area contributed by atoms with Crippen molar-refractivity contribution < 1.29 is 10.0 Å². The number of nitro groups is 1. The van der Waals surface area contributed by atoms with Crippen molar-refractivity contribution in [3.8, 4) is 0 Å². The van der Waals surface area contributed by atoms with Crippen LogP contribution in [0.2, 0.25) is 0 Å². The molecule has 0 bridgehead atoms. The highest BCUT2D eigenvalue weighted by molar-refractivity contribution is 5.25. The van der Waals surface area contributed by atoms with E-state index in [9.17, 15) is 10.1 Å². The summed E-state index contributed by atoms with van der Waals surface area (Å²) in [5.74, 6) is -0.143. The lowest BCUT2D eigenvalue weighted by atomic mass is 10.1. The number of aliphatic hydroxyl groups excluding tert-OH is 1. The average molecular weight is 182 g/mol. The Morgan fingerprint density at radius 3 is 3.00 bits per heavy atom. The second-order valence-corrected chi connectivity index (χ2v) is 2.61. The summed E-state index contributed by atoms with van der Waals surface area (Å²) in [7, 11) is 0. The predicted molar refractivity (Wildman–Crippen MR) is 46.3 cm³/mol. The van der Waals surface area contributed by atoms with Crippen LogP contribution in [0, 0.1) is 10.1 Å². The van der Waals surface area contributed by atoms with Gasteiger partial charge in [-0.2, -0.15) is 0 Å². The molecule has 0 aliphatic carbocycles. The molecular formula is C8H10N2O3. The van der Waals surface area contributed by atoms with Gasteiger partial charge >= 0.3 is 5.82 Å². The molecule has 1 heterocycles. The Balaban J connectivity index is 2.73. The minimum atomic E-state index is -0.525. The predicted octanol–water partition coefficient (Wildman–Crippen LogP) is 0.915. The van der Waals surface area contributed by atoms with Crippen LogP contribution in [0.5, 0.6) is 0 Å². The zero-order chi connectivity index (χ0) is 9.68. The van der Waals surface area contributed by atoms with Gasteiger partial charge in [-0.3, -0.25) is 0 Å². The van der Waals surface area contributed by atoms with E-state index < -0.39 is 4.92 Å². The third-order valence-corrected chi connectivity index (χ3v) is 1.62. The zero-order valence-corrected chi connectivity index (χ0v) is 7.01. The summed E-state index contributed by atoms with van der Waals surface area (Å²) in [6.07, 6.45) is 2.66. The molecule has 5 heteroatoms. The van der Waals surface area contributed by atoms with E-state index in [1.54, 1.807) is 6.07 Å². The maximum absolute atomic E-state index is 10.3. The van der Waals surface area contributed by atoms with E-state index >= 15 is 0 Å². The van der Waals surface area contributed by atoms with Crippen molar-refractivity contribution >= 4 is 5.82 Å².